The Kier molecular flexibility index (Phi) is 4.42. The minimum atomic E-state index is -3.40. The molecule has 0 spiro atoms. The number of aromatic nitrogens is 1. The van der Waals surface area contributed by atoms with Crippen LogP contribution in [0.2, 0.25) is 0 Å². The third-order valence-electron chi connectivity index (χ3n) is 3.54. The molecule has 1 aliphatic carbocycles. The quantitative estimate of drug-likeness (QED) is 0.866. The smallest absolute Gasteiger partial charge is 0.243 e. The van der Waals surface area contributed by atoms with Crippen molar-refractivity contribution in [3.63, 3.8) is 0 Å². The van der Waals surface area contributed by atoms with Crippen LogP contribution in [0.4, 0.5) is 5.82 Å². The first-order valence-corrected chi connectivity index (χ1v) is 8.14. The molecule has 1 N–H and O–H groups in total. The van der Waals surface area contributed by atoms with Crippen molar-refractivity contribution in [1.29, 1.82) is 0 Å². The zero-order valence-corrected chi connectivity index (χ0v) is 12.3. The molecular formula is C13H21N3O2S. The zero-order valence-electron chi connectivity index (χ0n) is 11.5. The van der Waals surface area contributed by atoms with Crippen molar-refractivity contribution in [2.24, 2.45) is 5.92 Å². The summed E-state index contributed by atoms with van der Waals surface area (Å²) in [5.74, 6) is 1.12. The lowest BCUT2D eigenvalue weighted by atomic mass is 9.86. The summed E-state index contributed by atoms with van der Waals surface area (Å²) < 4.78 is 26.3. The minimum Gasteiger partial charge on any atom is -0.370 e. The van der Waals surface area contributed by atoms with Crippen LogP contribution in [0, 0.1) is 5.92 Å². The number of anilines is 1. The molecule has 0 radical (unpaired) electrons. The lowest BCUT2D eigenvalue weighted by molar-refractivity contribution is 0.263. The van der Waals surface area contributed by atoms with E-state index >= 15 is 0 Å². The average Bonchev–Trinajstić information content (AvgIpc) is 2.34. The van der Waals surface area contributed by atoms with E-state index in [0.717, 1.165) is 12.8 Å². The molecule has 5 nitrogen and oxygen atoms in total. The molecule has 0 bridgehead atoms. The number of nitrogens with one attached hydrogen (secondary N) is 1. The Bertz CT molecular complexity index is 526. The van der Waals surface area contributed by atoms with E-state index in [1.54, 1.807) is 19.2 Å². The summed E-state index contributed by atoms with van der Waals surface area (Å²) in [6.45, 7) is 3.28. The van der Waals surface area contributed by atoms with Crippen molar-refractivity contribution in [2.45, 2.75) is 31.1 Å². The number of hydrogen-bond donors (Lipinski definition) is 1. The van der Waals surface area contributed by atoms with Crippen LogP contribution in [0.1, 0.15) is 26.2 Å². The second-order valence-corrected chi connectivity index (χ2v) is 7.03. The molecule has 0 amide bonds. The fourth-order valence-electron chi connectivity index (χ4n) is 2.17. The standard InChI is InChI=1S/C13H21N3O2S/c1-3-14-13-9-12(7-8-15-13)19(17,18)16(2)10-11-5-4-6-11/h7-9,11H,3-6,10H2,1-2H3,(H,14,15). The summed E-state index contributed by atoms with van der Waals surface area (Å²) >= 11 is 0. The van der Waals surface area contributed by atoms with E-state index in [1.165, 1.54) is 16.9 Å². The maximum absolute atomic E-state index is 12.4. The van der Waals surface area contributed by atoms with Crippen molar-refractivity contribution in [2.75, 3.05) is 25.5 Å². The highest BCUT2D eigenvalue weighted by Gasteiger charge is 2.26. The van der Waals surface area contributed by atoms with Gasteiger partial charge in [-0.15, -0.1) is 0 Å². The Balaban J connectivity index is 2.15. The van der Waals surface area contributed by atoms with Gasteiger partial charge in [0.25, 0.3) is 0 Å². The third kappa shape index (κ3) is 3.25. The largest absolute Gasteiger partial charge is 0.370 e. The number of pyridine rings is 1. The number of rotatable bonds is 6. The summed E-state index contributed by atoms with van der Waals surface area (Å²) in [6, 6.07) is 3.14. The highest BCUT2D eigenvalue weighted by molar-refractivity contribution is 7.89. The van der Waals surface area contributed by atoms with Crippen LogP contribution in [-0.4, -0.2) is 37.8 Å². The van der Waals surface area contributed by atoms with Gasteiger partial charge >= 0.3 is 0 Å². The van der Waals surface area contributed by atoms with Gasteiger partial charge in [-0.05, 0) is 31.7 Å². The maximum atomic E-state index is 12.4. The van der Waals surface area contributed by atoms with Gasteiger partial charge in [-0.1, -0.05) is 6.42 Å². The first kappa shape index (κ1) is 14.3. The van der Waals surface area contributed by atoms with Gasteiger partial charge < -0.3 is 5.32 Å². The Morgan fingerprint density at radius 3 is 2.79 bits per heavy atom. The Morgan fingerprint density at radius 1 is 1.47 bits per heavy atom. The van der Waals surface area contributed by atoms with E-state index in [9.17, 15) is 8.42 Å². The first-order chi connectivity index (χ1) is 9.04. The van der Waals surface area contributed by atoms with E-state index in [4.69, 9.17) is 0 Å². The number of nitrogens with zero attached hydrogens (tertiary/aromatic N) is 2. The van der Waals surface area contributed by atoms with Crippen molar-refractivity contribution < 1.29 is 8.42 Å². The third-order valence-corrected chi connectivity index (χ3v) is 5.36. The van der Waals surface area contributed by atoms with Gasteiger partial charge in [-0.25, -0.2) is 17.7 Å². The molecule has 0 saturated heterocycles. The molecule has 0 aliphatic heterocycles. The molecule has 1 aromatic rings. The molecule has 0 aromatic carbocycles. The molecule has 0 unspecified atom stereocenters. The average molecular weight is 283 g/mol. The molecule has 1 fully saturated rings. The van der Waals surface area contributed by atoms with E-state index in [1.807, 2.05) is 6.92 Å². The van der Waals surface area contributed by atoms with Gasteiger partial charge in [-0.2, -0.15) is 0 Å². The van der Waals surface area contributed by atoms with Crippen LogP contribution < -0.4 is 5.32 Å². The van der Waals surface area contributed by atoms with E-state index in [0.29, 0.717) is 29.7 Å². The Hall–Kier alpha value is -1.14. The SMILES string of the molecule is CCNc1cc(S(=O)(=O)N(C)CC2CCC2)ccn1. The van der Waals surface area contributed by atoms with Crippen LogP contribution >= 0.6 is 0 Å². The molecule has 1 saturated carbocycles. The molecule has 1 aromatic heterocycles. The van der Waals surface area contributed by atoms with Gasteiger partial charge in [-0.3, -0.25) is 0 Å². The minimum absolute atomic E-state index is 0.306. The molecule has 1 heterocycles. The van der Waals surface area contributed by atoms with Crippen LogP contribution in [0.3, 0.4) is 0 Å². The zero-order chi connectivity index (χ0) is 13.9. The van der Waals surface area contributed by atoms with Crippen molar-refractivity contribution >= 4 is 15.8 Å². The van der Waals surface area contributed by atoms with Crippen LogP contribution in [-0.2, 0) is 10.0 Å². The van der Waals surface area contributed by atoms with E-state index < -0.39 is 10.0 Å². The van der Waals surface area contributed by atoms with Crippen LogP contribution in [0.15, 0.2) is 23.2 Å². The highest BCUT2D eigenvalue weighted by atomic mass is 32.2. The normalized spacial score (nSPS) is 16.4. The van der Waals surface area contributed by atoms with Crippen molar-refractivity contribution in [1.82, 2.24) is 9.29 Å². The van der Waals surface area contributed by atoms with E-state index in [-0.39, 0.29) is 0 Å². The lowest BCUT2D eigenvalue weighted by Crippen LogP contribution is -2.34. The second-order valence-electron chi connectivity index (χ2n) is 4.99. The van der Waals surface area contributed by atoms with Crippen molar-refractivity contribution in [3.05, 3.63) is 18.3 Å². The van der Waals surface area contributed by atoms with Crippen LogP contribution in [0.5, 0.6) is 0 Å². The van der Waals surface area contributed by atoms with E-state index in [2.05, 4.69) is 10.3 Å². The van der Waals surface area contributed by atoms with Crippen molar-refractivity contribution in [3.8, 4) is 0 Å². The Morgan fingerprint density at radius 2 is 2.21 bits per heavy atom. The Labute approximate surface area is 115 Å². The first-order valence-electron chi connectivity index (χ1n) is 6.70. The fraction of sp³-hybridized carbons (Fsp3) is 0.615. The molecule has 106 valence electrons. The molecule has 6 heteroatoms. The van der Waals surface area contributed by atoms with Crippen LogP contribution in [0.25, 0.3) is 0 Å². The molecule has 19 heavy (non-hydrogen) atoms. The highest BCUT2D eigenvalue weighted by Crippen LogP contribution is 2.28. The molecular weight excluding hydrogens is 262 g/mol. The van der Waals surface area contributed by atoms with Gasteiger partial charge in [0.05, 0.1) is 4.90 Å². The molecule has 1 aliphatic rings. The predicted octanol–water partition coefficient (Wildman–Crippen LogP) is 1.93. The summed E-state index contributed by atoms with van der Waals surface area (Å²) in [5.41, 5.74) is 0. The number of hydrogen-bond acceptors (Lipinski definition) is 4. The molecule has 2 rings (SSSR count). The summed E-state index contributed by atoms with van der Waals surface area (Å²) in [5, 5.41) is 3.03. The van der Waals surface area contributed by atoms with Gasteiger partial charge in [0, 0.05) is 32.4 Å². The lowest BCUT2D eigenvalue weighted by Gasteiger charge is -2.29. The van der Waals surface area contributed by atoms with Gasteiger partial charge in [0.2, 0.25) is 10.0 Å². The van der Waals surface area contributed by atoms with Gasteiger partial charge in [0.1, 0.15) is 5.82 Å². The summed E-state index contributed by atoms with van der Waals surface area (Å²) in [7, 11) is -1.74. The number of sulfonamides is 1. The summed E-state index contributed by atoms with van der Waals surface area (Å²) in [6.07, 6.45) is 5.03. The predicted molar refractivity (Wildman–Crippen MR) is 75.6 cm³/mol. The molecule has 0 atom stereocenters. The topological polar surface area (TPSA) is 62.3 Å². The second kappa shape index (κ2) is 5.88. The maximum Gasteiger partial charge on any atom is 0.243 e. The van der Waals surface area contributed by atoms with Gasteiger partial charge in [0.15, 0.2) is 0 Å². The monoisotopic (exact) mass is 283 g/mol. The fourth-order valence-corrected chi connectivity index (χ4v) is 3.43. The summed E-state index contributed by atoms with van der Waals surface area (Å²) in [4.78, 5) is 4.40.